The minimum absolute atomic E-state index is 0.0809. The van der Waals surface area contributed by atoms with Crippen molar-refractivity contribution in [3.8, 4) is 11.5 Å². The standard InChI is InChI=1S/C22H23N3O7S/c1-5-30-19(27)17-11(2)12(3)33-18(17)23-16(26)9-25-20(28)22(4,24-21(25)29)13-6-7-14-15(8-13)32-10-31-14/h6-8H,5,9-10H2,1-4H3,(H,23,26)(H,24,29)/t22-/m1/s1. The van der Waals surface area contributed by atoms with E-state index in [-0.39, 0.29) is 19.0 Å². The van der Waals surface area contributed by atoms with Crippen LogP contribution in [0.2, 0.25) is 0 Å². The van der Waals surface area contributed by atoms with Crippen LogP contribution >= 0.6 is 11.3 Å². The van der Waals surface area contributed by atoms with Gasteiger partial charge in [0.1, 0.15) is 17.1 Å². The molecule has 1 atom stereocenters. The molecule has 4 amide bonds. The summed E-state index contributed by atoms with van der Waals surface area (Å²) < 4.78 is 15.7. The Hall–Kier alpha value is -3.60. The Morgan fingerprint density at radius 3 is 2.70 bits per heavy atom. The van der Waals surface area contributed by atoms with E-state index in [2.05, 4.69) is 10.6 Å². The van der Waals surface area contributed by atoms with Crippen LogP contribution in [0.4, 0.5) is 9.80 Å². The van der Waals surface area contributed by atoms with Crippen molar-refractivity contribution in [2.24, 2.45) is 0 Å². The number of nitrogens with one attached hydrogen (secondary N) is 2. The lowest BCUT2D eigenvalue weighted by Gasteiger charge is -2.22. The second kappa shape index (κ2) is 8.39. The van der Waals surface area contributed by atoms with Gasteiger partial charge < -0.3 is 24.8 Å². The molecule has 2 aromatic rings. The van der Waals surface area contributed by atoms with Gasteiger partial charge in [-0.05, 0) is 51.0 Å². The van der Waals surface area contributed by atoms with E-state index in [0.29, 0.717) is 27.6 Å². The van der Waals surface area contributed by atoms with Crippen LogP contribution < -0.4 is 20.1 Å². The summed E-state index contributed by atoms with van der Waals surface area (Å²) in [7, 11) is 0. The molecule has 0 aliphatic carbocycles. The number of benzene rings is 1. The number of fused-ring (bicyclic) bond motifs is 1. The Morgan fingerprint density at radius 1 is 1.24 bits per heavy atom. The third kappa shape index (κ3) is 3.88. The highest BCUT2D eigenvalue weighted by atomic mass is 32.1. The molecule has 2 N–H and O–H groups in total. The summed E-state index contributed by atoms with van der Waals surface area (Å²) in [6.45, 7) is 6.61. The van der Waals surface area contributed by atoms with E-state index >= 15 is 0 Å². The van der Waals surface area contributed by atoms with Gasteiger partial charge in [-0.25, -0.2) is 9.59 Å². The molecule has 3 heterocycles. The number of rotatable bonds is 6. The van der Waals surface area contributed by atoms with E-state index in [0.717, 1.165) is 9.78 Å². The number of ether oxygens (including phenoxy) is 3. The number of hydrogen-bond donors (Lipinski definition) is 2. The van der Waals surface area contributed by atoms with E-state index in [1.165, 1.54) is 11.3 Å². The number of amides is 4. The first-order valence-electron chi connectivity index (χ1n) is 10.3. The van der Waals surface area contributed by atoms with Crippen LogP contribution in [0.3, 0.4) is 0 Å². The highest BCUT2D eigenvalue weighted by Gasteiger charge is 2.50. The van der Waals surface area contributed by atoms with Crippen LogP contribution in [0.5, 0.6) is 11.5 Å². The van der Waals surface area contributed by atoms with Crippen LogP contribution in [-0.2, 0) is 19.9 Å². The molecule has 0 spiro atoms. The molecule has 174 valence electrons. The van der Waals surface area contributed by atoms with Gasteiger partial charge in [0.15, 0.2) is 11.5 Å². The third-order valence-electron chi connectivity index (χ3n) is 5.64. The van der Waals surface area contributed by atoms with Crippen molar-refractivity contribution in [1.82, 2.24) is 10.2 Å². The van der Waals surface area contributed by atoms with E-state index in [1.54, 1.807) is 39.0 Å². The number of carbonyl (C=O) groups is 4. The minimum atomic E-state index is -1.37. The topological polar surface area (TPSA) is 123 Å². The second-order valence-electron chi connectivity index (χ2n) is 7.77. The van der Waals surface area contributed by atoms with Gasteiger partial charge in [0.05, 0.1) is 12.2 Å². The van der Waals surface area contributed by atoms with Crippen LogP contribution in [0.25, 0.3) is 0 Å². The van der Waals surface area contributed by atoms with Crippen molar-refractivity contribution in [2.45, 2.75) is 33.2 Å². The van der Waals surface area contributed by atoms with Gasteiger partial charge >= 0.3 is 12.0 Å². The smallest absolute Gasteiger partial charge is 0.341 e. The maximum atomic E-state index is 13.2. The monoisotopic (exact) mass is 473 g/mol. The maximum Gasteiger partial charge on any atom is 0.341 e. The molecule has 0 bridgehead atoms. The Morgan fingerprint density at radius 2 is 1.97 bits per heavy atom. The lowest BCUT2D eigenvalue weighted by atomic mass is 9.91. The predicted octanol–water partition coefficient (Wildman–Crippen LogP) is 2.68. The summed E-state index contributed by atoms with van der Waals surface area (Å²) in [6, 6.07) is 4.26. The van der Waals surface area contributed by atoms with Gasteiger partial charge in [0.2, 0.25) is 12.7 Å². The lowest BCUT2D eigenvalue weighted by Crippen LogP contribution is -2.42. The predicted molar refractivity (Wildman–Crippen MR) is 119 cm³/mol. The van der Waals surface area contributed by atoms with Gasteiger partial charge in [-0.2, -0.15) is 0 Å². The van der Waals surface area contributed by atoms with Crippen molar-refractivity contribution in [1.29, 1.82) is 0 Å². The van der Waals surface area contributed by atoms with Crippen molar-refractivity contribution in [3.05, 3.63) is 39.8 Å². The minimum Gasteiger partial charge on any atom is -0.462 e. The molecule has 10 nitrogen and oxygen atoms in total. The van der Waals surface area contributed by atoms with Gasteiger partial charge in [-0.15, -0.1) is 11.3 Å². The Labute approximate surface area is 193 Å². The second-order valence-corrected chi connectivity index (χ2v) is 9.00. The molecule has 11 heteroatoms. The average Bonchev–Trinajstić information content (AvgIpc) is 3.40. The highest BCUT2D eigenvalue weighted by Crippen LogP contribution is 2.38. The van der Waals surface area contributed by atoms with E-state index in [9.17, 15) is 19.2 Å². The van der Waals surface area contributed by atoms with Crippen LogP contribution in [0.15, 0.2) is 18.2 Å². The Kier molecular flexibility index (Phi) is 5.75. The average molecular weight is 474 g/mol. The van der Waals surface area contributed by atoms with E-state index < -0.39 is 35.9 Å². The molecule has 1 saturated heterocycles. The summed E-state index contributed by atoms with van der Waals surface area (Å²) in [5, 5.41) is 5.62. The molecule has 0 saturated carbocycles. The van der Waals surface area contributed by atoms with Crippen molar-refractivity contribution < 1.29 is 33.4 Å². The lowest BCUT2D eigenvalue weighted by molar-refractivity contribution is -0.133. The molecule has 2 aliphatic heterocycles. The zero-order chi connectivity index (χ0) is 23.9. The van der Waals surface area contributed by atoms with Gasteiger partial charge in [-0.3, -0.25) is 14.5 Å². The first-order valence-corrected chi connectivity index (χ1v) is 11.1. The molecule has 1 aromatic carbocycles. The number of esters is 1. The first kappa shape index (κ1) is 22.6. The van der Waals surface area contributed by atoms with Crippen LogP contribution in [0, 0.1) is 13.8 Å². The summed E-state index contributed by atoms with van der Waals surface area (Å²) in [4.78, 5) is 52.5. The number of thiophene rings is 1. The molecular weight excluding hydrogens is 450 g/mol. The number of imide groups is 1. The first-order chi connectivity index (χ1) is 15.7. The number of anilines is 1. The summed E-state index contributed by atoms with van der Waals surface area (Å²) in [6.07, 6.45) is 0. The number of aryl methyl sites for hydroxylation is 1. The molecule has 1 aromatic heterocycles. The van der Waals surface area contributed by atoms with Crippen LogP contribution in [0.1, 0.15) is 40.2 Å². The molecule has 1 fully saturated rings. The van der Waals surface area contributed by atoms with Crippen molar-refractivity contribution in [2.75, 3.05) is 25.3 Å². The zero-order valence-corrected chi connectivity index (χ0v) is 19.4. The van der Waals surface area contributed by atoms with Crippen molar-refractivity contribution >= 4 is 40.2 Å². The molecule has 4 rings (SSSR count). The van der Waals surface area contributed by atoms with Crippen LogP contribution in [-0.4, -0.2) is 48.7 Å². The Balaban J connectivity index is 1.52. The number of carbonyl (C=O) groups excluding carboxylic acids is 4. The van der Waals surface area contributed by atoms with Crippen molar-refractivity contribution in [3.63, 3.8) is 0 Å². The third-order valence-corrected chi connectivity index (χ3v) is 6.77. The van der Waals surface area contributed by atoms with E-state index in [4.69, 9.17) is 14.2 Å². The largest absolute Gasteiger partial charge is 0.462 e. The van der Waals surface area contributed by atoms with Gasteiger partial charge in [0.25, 0.3) is 5.91 Å². The molecule has 2 aliphatic rings. The van der Waals surface area contributed by atoms with E-state index in [1.807, 2.05) is 6.92 Å². The number of urea groups is 1. The summed E-state index contributed by atoms with van der Waals surface area (Å²) >= 11 is 1.23. The quantitative estimate of drug-likeness (QED) is 0.488. The highest BCUT2D eigenvalue weighted by molar-refractivity contribution is 7.16. The van der Waals surface area contributed by atoms with Gasteiger partial charge in [-0.1, -0.05) is 6.07 Å². The Bertz CT molecular complexity index is 1170. The fraction of sp³-hybridized carbons (Fsp3) is 0.364. The summed E-state index contributed by atoms with van der Waals surface area (Å²) in [5.74, 6) is -0.706. The molecule has 0 radical (unpaired) electrons. The number of nitrogens with zero attached hydrogens (tertiary/aromatic N) is 1. The fourth-order valence-corrected chi connectivity index (χ4v) is 4.78. The zero-order valence-electron chi connectivity index (χ0n) is 18.6. The maximum absolute atomic E-state index is 13.2. The molecular formula is C22H23N3O7S. The van der Waals surface area contributed by atoms with Gasteiger partial charge in [0, 0.05) is 4.88 Å². The fourth-order valence-electron chi connectivity index (χ4n) is 3.72. The normalized spacial score (nSPS) is 19.0. The SMILES string of the molecule is CCOC(=O)c1c(NC(=O)CN2C(=O)N[C@](C)(c3ccc4c(c3)OCO4)C2=O)sc(C)c1C. The molecule has 0 unspecified atom stereocenters. The number of hydrogen-bond acceptors (Lipinski definition) is 8. The summed E-state index contributed by atoms with van der Waals surface area (Å²) in [5.41, 5.74) is 0.112. The molecule has 33 heavy (non-hydrogen) atoms.